The van der Waals surface area contributed by atoms with Crippen molar-refractivity contribution in [3.05, 3.63) is 474 Å². The van der Waals surface area contributed by atoms with E-state index in [2.05, 4.69) is 482 Å². The summed E-state index contributed by atoms with van der Waals surface area (Å²) in [6.45, 7) is 0. The first-order valence-corrected chi connectivity index (χ1v) is 50.4. The molecule has 12 heteroatoms. The molecule has 0 bridgehead atoms. The molecule has 12 nitrogen and oxygen atoms in total. The molecule has 0 fully saturated rings. The summed E-state index contributed by atoms with van der Waals surface area (Å²) in [6.07, 6.45) is 7.63. The summed E-state index contributed by atoms with van der Waals surface area (Å²) in [6, 6.07) is 164. The van der Waals surface area contributed by atoms with E-state index in [9.17, 15) is 0 Å². The molecule has 0 saturated carbocycles. The van der Waals surface area contributed by atoms with E-state index in [0.29, 0.717) is 0 Å². The lowest BCUT2D eigenvalue weighted by Gasteiger charge is -2.12. The molecule has 21 aromatic carbocycles. The van der Waals surface area contributed by atoms with Gasteiger partial charge >= 0.3 is 0 Å². The van der Waals surface area contributed by atoms with Crippen molar-refractivity contribution >= 4 is 278 Å². The normalized spacial score (nSPS) is 12.5. The lowest BCUT2D eigenvalue weighted by molar-refractivity contribution is 1.11. The SMILES string of the molecule is c1cc(-n2c3ccc4ccccc4c3c3c4c5ccccc5n5c6ccccc6c(cc32)c45)cc(-n2c3ccccc3c3cccnc32)c1.c1ccc2c(c1)ccc1c2c2c3c4ccccc4n4c5ccccc5c(cc2n1-c1ccc(-n2c5ccccc5c5cccnc52)cc1)c34.c1ccc2c(c1)ccc1c2c2c3c4ccccc4n4c5ccccc5c(cc2n1-c1ccc(-n2c5ccccc5c5ccncc52)cc1)c34. The third kappa shape index (κ3) is 10.5. The predicted molar refractivity (Wildman–Crippen MR) is 615 cm³/mol. The largest absolute Gasteiger partial charge is 0.309 e. The monoisotopic (exact) mass is 1870 g/mol. The fraction of sp³-hybridized carbons (Fsp3) is 0. The molecule has 147 heavy (non-hydrogen) atoms. The van der Waals surface area contributed by atoms with Crippen LogP contribution >= 0.6 is 0 Å². The molecule has 0 aliphatic heterocycles. The summed E-state index contributed by atoms with van der Waals surface area (Å²) in [5, 5.41) is 38.2. The van der Waals surface area contributed by atoms with E-state index >= 15 is 0 Å². The van der Waals surface area contributed by atoms with Crippen LogP contribution in [-0.4, -0.2) is 55.6 Å². The van der Waals surface area contributed by atoms with Crippen LogP contribution in [0.2, 0.25) is 0 Å². The van der Waals surface area contributed by atoms with Gasteiger partial charge in [-0.25, -0.2) is 9.97 Å². The van der Waals surface area contributed by atoms with E-state index in [0.717, 1.165) is 72.7 Å². The van der Waals surface area contributed by atoms with E-state index < -0.39 is 0 Å². The second-order valence-electron chi connectivity index (χ2n) is 39.5. The Morgan fingerprint density at radius 3 is 0.776 bits per heavy atom. The quantitative estimate of drug-likeness (QED) is 0.166. The molecule has 0 spiro atoms. The van der Waals surface area contributed by atoms with Crippen LogP contribution < -0.4 is 0 Å². The van der Waals surface area contributed by atoms with E-state index in [1.165, 1.54) is 239 Å². The maximum Gasteiger partial charge on any atom is 0.145 e. The minimum atomic E-state index is 0.966. The lowest BCUT2D eigenvalue weighted by atomic mass is 9.99. The van der Waals surface area contributed by atoms with Gasteiger partial charge in [0.2, 0.25) is 0 Å². The number of rotatable bonds is 6. The molecule has 0 aliphatic carbocycles. The molecule has 0 radical (unpaired) electrons. The van der Waals surface area contributed by atoms with Gasteiger partial charge in [0.1, 0.15) is 11.3 Å². The fourth-order valence-corrected chi connectivity index (χ4v) is 26.6. The molecule has 15 aromatic heterocycles. The maximum absolute atomic E-state index is 4.88. The first kappa shape index (κ1) is 78.8. The van der Waals surface area contributed by atoms with E-state index in [-0.39, 0.29) is 0 Å². The molecule has 36 rings (SSSR count). The van der Waals surface area contributed by atoms with Gasteiger partial charge in [-0.1, -0.05) is 261 Å². The Kier molecular flexibility index (Phi) is 15.7. The standard InChI is InChI=1S/3C45H26N4/c1-2-14-30-27(11-1)22-23-39-41(30)43-40(26-35-32-16-4-7-20-37(32)49-38-21-8-5-17-34(38)42(43)44(35)49)47(39)28-12-9-13-29(25-28)48-36-19-6-3-15-31(36)33-18-10-24-46-45(33)48;1-2-11-30-27(10-1)19-24-39-41(30)43-40(26-35-32-13-4-7-17-37(32)49-38-18-8-5-14-34(38)42(43)44(35)49)47(39)28-20-22-29(23-21-28)48-36-16-6-3-12-31(36)33-15-9-25-46-45(33)48;1-2-10-30-27(9-1)17-22-39-42(30)44-40(25-35-32-12-4-7-15-37(32)49-38-16-8-5-13-34(38)43(44)45(35)49)48(39)29-20-18-28(19-21-29)47-36-14-6-3-11-31(36)33-23-24-46-26-41(33)47/h3*1-26H. The first-order chi connectivity index (χ1) is 73.0. The smallest absolute Gasteiger partial charge is 0.145 e. The van der Waals surface area contributed by atoms with Crippen LogP contribution in [-0.2, 0) is 0 Å². The van der Waals surface area contributed by atoms with Gasteiger partial charge in [-0.05, 0) is 220 Å². The van der Waals surface area contributed by atoms with Crippen LogP contribution in [0.1, 0.15) is 0 Å². The number of aromatic nitrogens is 12. The molecule has 0 N–H and O–H groups in total. The molecular formula is C135H78N12. The average Bonchev–Trinajstić information content (AvgIpc) is 1.49. The zero-order chi connectivity index (χ0) is 95.4. The van der Waals surface area contributed by atoms with Crippen molar-refractivity contribution in [3.63, 3.8) is 0 Å². The van der Waals surface area contributed by atoms with Crippen molar-refractivity contribution in [2.24, 2.45) is 0 Å². The Labute approximate surface area is 835 Å². The fourth-order valence-electron chi connectivity index (χ4n) is 26.6. The Hall–Kier alpha value is -20.0. The number of nitrogens with zero attached hydrogens (tertiary/aromatic N) is 12. The van der Waals surface area contributed by atoms with Gasteiger partial charge in [-0.15, -0.1) is 0 Å². The molecule has 15 heterocycles. The minimum Gasteiger partial charge on any atom is -0.309 e. The van der Waals surface area contributed by atoms with Crippen molar-refractivity contribution in [2.75, 3.05) is 0 Å². The summed E-state index contributed by atoms with van der Waals surface area (Å²) in [5.74, 6) is 0. The summed E-state index contributed by atoms with van der Waals surface area (Å²) in [5.41, 5.74) is 31.9. The lowest BCUT2D eigenvalue weighted by Crippen LogP contribution is -1.99. The number of hydrogen-bond donors (Lipinski definition) is 0. The van der Waals surface area contributed by atoms with Gasteiger partial charge < -0.3 is 31.5 Å². The molecule has 36 aromatic rings. The highest BCUT2D eigenvalue weighted by Crippen LogP contribution is 2.54. The van der Waals surface area contributed by atoms with Gasteiger partial charge in [0, 0.05) is 182 Å². The molecule has 0 saturated heterocycles. The average molecular weight is 1870 g/mol. The van der Waals surface area contributed by atoms with Crippen LogP contribution in [0.3, 0.4) is 0 Å². The maximum atomic E-state index is 4.88. The van der Waals surface area contributed by atoms with Crippen molar-refractivity contribution in [1.82, 2.24) is 55.6 Å². The Balaban J connectivity index is 0.0000000945. The van der Waals surface area contributed by atoms with Crippen molar-refractivity contribution in [3.8, 4) is 34.1 Å². The van der Waals surface area contributed by atoms with Gasteiger partial charge in [0.15, 0.2) is 0 Å². The molecule has 678 valence electrons. The number of hydrogen-bond acceptors (Lipinski definition) is 3. The van der Waals surface area contributed by atoms with Crippen molar-refractivity contribution in [2.45, 2.75) is 0 Å². The summed E-state index contributed by atoms with van der Waals surface area (Å²) >= 11 is 0. The van der Waals surface area contributed by atoms with Crippen LogP contribution in [0.15, 0.2) is 474 Å². The predicted octanol–water partition coefficient (Wildman–Crippen LogP) is 34.7. The van der Waals surface area contributed by atoms with E-state index in [4.69, 9.17) is 9.97 Å². The molecule has 0 amide bonds. The Morgan fingerprint density at radius 2 is 0.401 bits per heavy atom. The van der Waals surface area contributed by atoms with Crippen molar-refractivity contribution in [1.29, 1.82) is 0 Å². The first-order valence-electron chi connectivity index (χ1n) is 50.4. The third-order valence-corrected chi connectivity index (χ3v) is 32.4. The van der Waals surface area contributed by atoms with Crippen LogP contribution in [0.4, 0.5) is 0 Å². The topological polar surface area (TPSA) is 81.5 Å². The second kappa shape index (κ2) is 29.4. The summed E-state index contributed by atoms with van der Waals surface area (Å²) in [7, 11) is 0. The molecule has 0 aliphatic rings. The van der Waals surface area contributed by atoms with Crippen LogP contribution in [0.5, 0.6) is 0 Å². The summed E-state index contributed by atoms with van der Waals surface area (Å²) in [4.78, 5) is 14.2. The Morgan fingerprint density at radius 1 is 0.136 bits per heavy atom. The van der Waals surface area contributed by atoms with E-state index in [1.54, 1.807) is 0 Å². The third-order valence-electron chi connectivity index (χ3n) is 32.4. The highest BCUT2D eigenvalue weighted by Gasteiger charge is 2.32. The number of fused-ring (bicyclic) bond motifs is 45. The second-order valence-corrected chi connectivity index (χ2v) is 39.5. The zero-order valence-corrected chi connectivity index (χ0v) is 78.9. The van der Waals surface area contributed by atoms with Crippen LogP contribution in [0, 0.1) is 0 Å². The van der Waals surface area contributed by atoms with Gasteiger partial charge in [0.05, 0.1) is 111 Å². The number of para-hydroxylation sites is 9. The zero-order valence-electron chi connectivity index (χ0n) is 78.9. The van der Waals surface area contributed by atoms with Crippen LogP contribution in [0.25, 0.3) is 312 Å². The Bertz CT molecular complexity index is 11500. The highest BCUT2D eigenvalue weighted by molar-refractivity contribution is 6.42. The number of pyridine rings is 3. The van der Waals surface area contributed by atoms with Gasteiger partial charge in [-0.3, -0.25) is 14.1 Å². The summed E-state index contributed by atoms with van der Waals surface area (Å²) < 4.78 is 21.8. The minimum absolute atomic E-state index is 0.966. The van der Waals surface area contributed by atoms with Gasteiger partial charge in [-0.2, -0.15) is 0 Å². The number of benzene rings is 21. The molecule has 0 unspecified atom stereocenters. The molecule has 0 atom stereocenters. The van der Waals surface area contributed by atoms with Crippen molar-refractivity contribution < 1.29 is 0 Å². The highest BCUT2D eigenvalue weighted by atomic mass is 15.1. The van der Waals surface area contributed by atoms with E-state index in [1.807, 2.05) is 36.9 Å². The molecular weight excluding hydrogens is 1790 g/mol. The van der Waals surface area contributed by atoms with Gasteiger partial charge in [0.25, 0.3) is 0 Å².